The SMILES string of the molecule is CCCCc1ccc(NC(=S)Nc2ncn(Cc3cccc(F)c3)n2)cc1. The summed E-state index contributed by atoms with van der Waals surface area (Å²) in [5.41, 5.74) is 3.04. The molecule has 0 fully saturated rings. The summed E-state index contributed by atoms with van der Waals surface area (Å²) in [5, 5.41) is 10.8. The normalized spacial score (nSPS) is 10.6. The fourth-order valence-electron chi connectivity index (χ4n) is 2.65. The molecule has 0 radical (unpaired) electrons. The molecule has 0 aliphatic carbocycles. The van der Waals surface area contributed by atoms with Crippen LogP contribution in [0.15, 0.2) is 54.9 Å². The Morgan fingerprint density at radius 1 is 1.11 bits per heavy atom. The van der Waals surface area contributed by atoms with Gasteiger partial charge >= 0.3 is 0 Å². The van der Waals surface area contributed by atoms with Gasteiger partial charge in [0.15, 0.2) is 5.11 Å². The first-order valence-electron chi connectivity index (χ1n) is 8.93. The first-order chi connectivity index (χ1) is 13.1. The van der Waals surface area contributed by atoms with Crippen LogP contribution in [-0.4, -0.2) is 19.9 Å². The smallest absolute Gasteiger partial charge is 0.248 e. The Bertz CT molecular complexity index is 891. The minimum atomic E-state index is -0.267. The highest BCUT2D eigenvalue weighted by atomic mass is 32.1. The monoisotopic (exact) mass is 383 g/mol. The zero-order valence-electron chi connectivity index (χ0n) is 15.2. The molecular weight excluding hydrogens is 361 g/mol. The quantitative estimate of drug-likeness (QED) is 0.583. The maximum Gasteiger partial charge on any atom is 0.248 e. The highest BCUT2D eigenvalue weighted by Crippen LogP contribution is 2.12. The van der Waals surface area contributed by atoms with E-state index in [0.29, 0.717) is 17.6 Å². The highest BCUT2D eigenvalue weighted by Gasteiger charge is 2.05. The summed E-state index contributed by atoms with van der Waals surface area (Å²) in [4.78, 5) is 4.18. The van der Waals surface area contributed by atoms with Crippen molar-refractivity contribution in [1.82, 2.24) is 14.8 Å². The molecule has 7 heteroatoms. The zero-order valence-corrected chi connectivity index (χ0v) is 16.0. The Labute approximate surface area is 163 Å². The minimum Gasteiger partial charge on any atom is -0.332 e. The van der Waals surface area contributed by atoms with Gasteiger partial charge in [-0.25, -0.2) is 14.1 Å². The molecule has 0 saturated heterocycles. The lowest BCUT2D eigenvalue weighted by atomic mass is 10.1. The van der Waals surface area contributed by atoms with Gasteiger partial charge in [-0.3, -0.25) is 5.32 Å². The molecule has 0 unspecified atom stereocenters. The highest BCUT2D eigenvalue weighted by molar-refractivity contribution is 7.80. The fraction of sp³-hybridized carbons (Fsp3) is 0.250. The van der Waals surface area contributed by atoms with Crippen LogP contribution < -0.4 is 10.6 Å². The van der Waals surface area contributed by atoms with Gasteiger partial charge in [-0.05, 0) is 60.5 Å². The van der Waals surface area contributed by atoms with Crippen LogP contribution in [-0.2, 0) is 13.0 Å². The van der Waals surface area contributed by atoms with Gasteiger partial charge < -0.3 is 5.32 Å². The number of rotatable bonds is 7. The van der Waals surface area contributed by atoms with E-state index in [-0.39, 0.29) is 5.82 Å². The van der Waals surface area contributed by atoms with E-state index in [4.69, 9.17) is 12.2 Å². The van der Waals surface area contributed by atoms with Gasteiger partial charge in [0.25, 0.3) is 0 Å². The van der Waals surface area contributed by atoms with E-state index in [9.17, 15) is 4.39 Å². The van der Waals surface area contributed by atoms with Crippen LogP contribution in [0.5, 0.6) is 0 Å². The summed E-state index contributed by atoms with van der Waals surface area (Å²) in [7, 11) is 0. The molecule has 0 bridgehead atoms. The summed E-state index contributed by atoms with van der Waals surface area (Å²) in [6.07, 6.45) is 5.05. The predicted octanol–water partition coefficient (Wildman–Crippen LogP) is 4.62. The molecule has 2 N–H and O–H groups in total. The number of nitrogens with zero attached hydrogens (tertiary/aromatic N) is 3. The molecule has 3 rings (SSSR count). The third kappa shape index (κ3) is 5.86. The number of anilines is 2. The zero-order chi connectivity index (χ0) is 19.1. The summed E-state index contributed by atoms with van der Waals surface area (Å²) in [5.74, 6) is 0.125. The second-order valence-corrected chi connectivity index (χ2v) is 6.68. The lowest BCUT2D eigenvalue weighted by Gasteiger charge is -2.09. The predicted molar refractivity (Wildman–Crippen MR) is 110 cm³/mol. The van der Waals surface area contributed by atoms with Crippen LogP contribution in [0, 0.1) is 5.82 Å². The number of aryl methyl sites for hydroxylation is 1. The van der Waals surface area contributed by atoms with Crippen molar-refractivity contribution < 1.29 is 4.39 Å². The van der Waals surface area contributed by atoms with E-state index in [1.165, 1.54) is 30.5 Å². The number of benzene rings is 2. The summed E-state index contributed by atoms with van der Waals surface area (Å²) in [6, 6.07) is 14.6. The number of aromatic nitrogens is 3. The van der Waals surface area contributed by atoms with E-state index >= 15 is 0 Å². The van der Waals surface area contributed by atoms with E-state index in [1.54, 1.807) is 17.1 Å². The molecule has 140 valence electrons. The second-order valence-electron chi connectivity index (χ2n) is 6.28. The second kappa shape index (κ2) is 9.23. The van der Waals surface area contributed by atoms with Gasteiger partial charge in [0.05, 0.1) is 6.54 Å². The summed E-state index contributed by atoms with van der Waals surface area (Å²) >= 11 is 5.32. The van der Waals surface area contributed by atoms with Gasteiger partial charge in [-0.2, -0.15) is 0 Å². The van der Waals surface area contributed by atoms with Crippen molar-refractivity contribution >= 4 is 29.0 Å². The van der Waals surface area contributed by atoms with Crippen molar-refractivity contribution in [2.24, 2.45) is 0 Å². The summed E-state index contributed by atoms with van der Waals surface area (Å²) in [6.45, 7) is 2.62. The molecule has 1 heterocycles. The molecule has 0 aliphatic heterocycles. The third-order valence-corrected chi connectivity index (χ3v) is 4.23. The van der Waals surface area contributed by atoms with Gasteiger partial charge in [-0.1, -0.05) is 37.6 Å². The van der Waals surface area contributed by atoms with E-state index in [0.717, 1.165) is 17.7 Å². The minimum absolute atomic E-state index is 0.267. The molecular formula is C20H22FN5S. The van der Waals surface area contributed by atoms with Gasteiger partial charge in [0.2, 0.25) is 5.95 Å². The largest absolute Gasteiger partial charge is 0.332 e. The molecule has 1 aromatic heterocycles. The molecule has 2 aromatic carbocycles. The standard InChI is InChI=1S/C20H22FN5S/c1-2-3-5-15-8-10-18(11-9-15)23-20(27)24-19-22-14-26(25-19)13-16-6-4-7-17(21)12-16/h4,6-12,14H,2-3,5,13H2,1H3,(H2,23,24,25,27). The lowest BCUT2D eigenvalue weighted by molar-refractivity contribution is 0.619. The Balaban J connectivity index is 1.53. The Morgan fingerprint density at radius 2 is 1.93 bits per heavy atom. The number of thiocarbonyl (C=S) groups is 1. The number of unbranched alkanes of at least 4 members (excludes halogenated alkanes) is 1. The molecule has 0 aliphatic rings. The molecule has 5 nitrogen and oxygen atoms in total. The average molecular weight is 383 g/mol. The van der Waals surface area contributed by atoms with Gasteiger partial charge in [0.1, 0.15) is 12.1 Å². The van der Waals surface area contributed by atoms with Crippen molar-refractivity contribution in [3.8, 4) is 0 Å². The number of halogens is 1. The number of hydrogen-bond acceptors (Lipinski definition) is 3. The maximum atomic E-state index is 13.3. The van der Waals surface area contributed by atoms with Gasteiger partial charge in [-0.15, -0.1) is 5.10 Å². The molecule has 27 heavy (non-hydrogen) atoms. The van der Waals surface area contributed by atoms with Crippen molar-refractivity contribution in [2.45, 2.75) is 32.7 Å². The average Bonchev–Trinajstić information content (AvgIpc) is 3.07. The Morgan fingerprint density at radius 3 is 2.67 bits per heavy atom. The third-order valence-electron chi connectivity index (χ3n) is 4.03. The van der Waals surface area contributed by atoms with Crippen molar-refractivity contribution in [3.63, 3.8) is 0 Å². The van der Waals surface area contributed by atoms with Crippen LogP contribution in [0.3, 0.4) is 0 Å². The topological polar surface area (TPSA) is 54.8 Å². The molecule has 0 amide bonds. The molecule has 0 spiro atoms. The lowest BCUT2D eigenvalue weighted by Crippen LogP contribution is -2.20. The van der Waals surface area contributed by atoms with Crippen LogP contribution in [0.4, 0.5) is 16.0 Å². The van der Waals surface area contributed by atoms with E-state index in [2.05, 4.69) is 39.8 Å². The van der Waals surface area contributed by atoms with Gasteiger partial charge in [0, 0.05) is 5.69 Å². The van der Waals surface area contributed by atoms with E-state index in [1.807, 2.05) is 18.2 Å². The van der Waals surface area contributed by atoms with Crippen molar-refractivity contribution in [1.29, 1.82) is 0 Å². The first-order valence-corrected chi connectivity index (χ1v) is 9.34. The number of hydrogen-bond donors (Lipinski definition) is 2. The first kappa shape index (κ1) is 19.0. The van der Waals surface area contributed by atoms with Crippen LogP contribution >= 0.6 is 12.2 Å². The van der Waals surface area contributed by atoms with Crippen molar-refractivity contribution in [3.05, 3.63) is 71.8 Å². The maximum absolute atomic E-state index is 13.3. The number of nitrogens with one attached hydrogen (secondary N) is 2. The van der Waals surface area contributed by atoms with Crippen LogP contribution in [0.2, 0.25) is 0 Å². The molecule has 3 aromatic rings. The van der Waals surface area contributed by atoms with Crippen LogP contribution in [0.1, 0.15) is 30.9 Å². The van der Waals surface area contributed by atoms with Crippen molar-refractivity contribution in [2.75, 3.05) is 10.6 Å². The summed E-state index contributed by atoms with van der Waals surface area (Å²) < 4.78 is 14.9. The Kier molecular flexibility index (Phi) is 6.49. The molecule has 0 saturated carbocycles. The molecule has 0 atom stereocenters. The van der Waals surface area contributed by atoms with Crippen LogP contribution in [0.25, 0.3) is 0 Å². The Hall–Kier alpha value is -2.80. The fourth-order valence-corrected chi connectivity index (χ4v) is 2.86. The van der Waals surface area contributed by atoms with E-state index < -0.39 is 0 Å².